The van der Waals surface area contributed by atoms with Crippen molar-refractivity contribution in [2.75, 3.05) is 0 Å². The lowest BCUT2D eigenvalue weighted by Gasteiger charge is -1.99. The Morgan fingerprint density at radius 3 is 3.00 bits per heavy atom. The molecule has 0 spiro atoms. The number of nitrogens with zero attached hydrogens (tertiary/aromatic N) is 2. The number of hydrogen-bond acceptors (Lipinski definition) is 5. The maximum absolute atomic E-state index is 11.9. The van der Waals surface area contributed by atoms with Crippen molar-refractivity contribution in [2.45, 2.75) is 20.3 Å². The van der Waals surface area contributed by atoms with E-state index in [2.05, 4.69) is 31.4 Å². The molecular formula is C16H14BrN3O2S. The van der Waals surface area contributed by atoms with Gasteiger partial charge in [-0.2, -0.15) is 5.10 Å². The number of carbonyl (C=O) groups is 1. The first-order valence-corrected chi connectivity index (χ1v) is 8.62. The van der Waals surface area contributed by atoms with Crippen LogP contribution in [-0.4, -0.2) is 16.6 Å². The summed E-state index contributed by atoms with van der Waals surface area (Å²) in [6.45, 7) is 3.70. The van der Waals surface area contributed by atoms with Crippen molar-refractivity contribution in [3.8, 4) is 0 Å². The van der Waals surface area contributed by atoms with E-state index in [1.807, 2.05) is 36.6 Å². The minimum Gasteiger partial charge on any atom is -0.455 e. The third kappa shape index (κ3) is 3.86. The number of halogens is 1. The molecule has 23 heavy (non-hydrogen) atoms. The molecule has 7 heteroatoms. The normalized spacial score (nSPS) is 11.9. The zero-order valence-electron chi connectivity index (χ0n) is 12.6. The maximum atomic E-state index is 11.9. The number of aromatic nitrogens is 1. The Balaban J connectivity index is 1.69. The van der Waals surface area contributed by atoms with Crippen molar-refractivity contribution in [3.63, 3.8) is 0 Å². The van der Waals surface area contributed by atoms with Gasteiger partial charge in [0.25, 0.3) is 0 Å². The average Bonchev–Trinajstić information content (AvgIpc) is 3.10. The van der Waals surface area contributed by atoms with Crippen molar-refractivity contribution < 1.29 is 9.21 Å². The number of rotatable bonds is 4. The second-order valence-electron chi connectivity index (χ2n) is 5.06. The lowest BCUT2D eigenvalue weighted by Crippen LogP contribution is -2.21. The Morgan fingerprint density at radius 2 is 2.26 bits per heavy atom. The fraction of sp³-hybridized carbons (Fsp3) is 0.188. The summed E-state index contributed by atoms with van der Waals surface area (Å²) in [6.07, 6.45) is 0.216. The third-order valence-electron chi connectivity index (χ3n) is 3.19. The number of nitrogens with one attached hydrogen (secondary N) is 1. The SMILES string of the molecule is C/C(=N/NC(=O)Cc1csc(C)n1)c1cc2cc(Br)ccc2o1. The highest BCUT2D eigenvalue weighted by Crippen LogP contribution is 2.23. The van der Waals surface area contributed by atoms with E-state index in [1.54, 1.807) is 6.92 Å². The van der Waals surface area contributed by atoms with Gasteiger partial charge in [-0.15, -0.1) is 11.3 Å². The minimum atomic E-state index is -0.200. The molecule has 0 aliphatic rings. The topological polar surface area (TPSA) is 67.5 Å². The summed E-state index contributed by atoms with van der Waals surface area (Å²) in [6, 6.07) is 7.67. The summed E-state index contributed by atoms with van der Waals surface area (Å²) in [4.78, 5) is 16.1. The maximum Gasteiger partial charge on any atom is 0.246 e. The van der Waals surface area contributed by atoms with Crippen molar-refractivity contribution in [2.24, 2.45) is 5.10 Å². The Bertz CT molecular complexity index is 898. The van der Waals surface area contributed by atoms with Gasteiger partial charge in [0.2, 0.25) is 5.91 Å². The van der Waals surface area contributed by atoms with Gasteiger partial charge >= 0.3 is 0 Å². The van der Waals surface area contributed by atoms with Crippen LogP contribution in [0.4, 0.5) is 0 Å². The molecule has 2 aromatic heterocycles. The quantitative estimate of drug-likeness (QED) is 0.538. The van der Waals surface area contributed by atoms with E-state index < -0.39 is 0 Å². The minimum absolute atomic E-state index is 0.200. The van der Waals surface area contributed by atoms with E-state index in [9.17, 15) is 4.79 Å². The van der Waals surface area contributed by atoms with Crippen LogP contribution in [0.1, 0.15) is 23.4 Å². The summed E-state index contributed by atoms with van der Waals surface area (Å²) in [7, 11) is 0. The third-order valence-corrected chi connectivity index (χ3v) is 4.51. The van der Waals surface area contributed by atoms with E-state index in [0.29, 0.717) is 11.5 Å². The van der Waals surface area contributed by atoms with E-state index in [-0.39, 0.29) is 12.3 Å². The Labute approximate surface area is 145 Å². The zero-order chi connectivity index (χ0) is 16.4. The zero-order valence-corrected chi connectivity index (χ0v) is 15.0. The lowest BCUT2D eigenvalue weighted by atomic mass is 10.2. The molecule has 0 unspecified atom stereocenters. The summed E-state index contributed by atoms with van der Waals surface area (Å²) in [5, 5.41) is 7.90. The summed E-state index contributed by atoms with van der Waals surface area (Å²) >= 11 is 4.95. The molecule has 2 heterocycles. The standard InChI is InChI=1S/C16H14BrN3O2S/c1-9(15-6-11-5-12(17)3-4-14(11)22-15)19-20-16(21)7-13-8-23-10(2)18-13/h3-6,8H,7H2,1-2H3,(H,20,21)/b19-9-. The molecule has 1 aromatic carbocycles. The largest absolute Gasteiger partial charge is 0.455 e. The van der Waals surface area contributed by atoms with Crippen LogP contribution in [0.5, 0.6) is 0 Å². The molecule has 1 amide bonds. The number of hydrazone groups is 1. The van der Waals surface area contributed by atoms with Gasteiger partial charge < -0.3 is 4.42 Å². The fourth-order valence-electron chi connectivity index (χ4n) is 2.09. The molecule has 1 N–H and O–H groups in total. The van der Waals surface area contributed by atoms with Crippen LogP contribution in [0.3, 0.4) is 0 Å². The van der Waals surface area contributed by atoms with Gasteiger partial charge in [-0.3, -0.25) is 4.79 Å². The number of fused-ring (bicyclic) bond motifs is 1. The molecule has 5 nitrogen and oxygen atoms in total. The monoisotopic (exact) mass is 391 g/mol. The molecule has 0 atom stereocenters. The Hall–Kier alpha value is -1.99. The Kier molecular flexibility index (Phi) is 4.58. The van der Waals surface area contributed by atoms with Gasteiger partial charge in [0.15, 0.2) is 5.76 Å². The molecule has 0 saturated carbocycles. The number of hydrogen-bond donors (Lipinski definition) is 1. The number of furan rings is 1. The first-order valence-electron chi connectivity index (χ1n) is 6.95. The smallest absolute Gasteiger partial charge is 0.246 e. The predicted molar refractivity (Wildman–Crippen MR) is 94.8 cm³/mol. The summed E-state index contributed by atoms with van der Waals surface area (Å²) in [5.41, 5.74) is 4.69. The fourth-order valence-corrected chi connectivity index (χ4v) is 3.08. The summed E-state index contributed by atoms with van der Waals surface area (Å²) in [5.74, 6) is 0.427. The van der Waals surface area contributed by atoms with Crippen molar-refractivity contribution in [1.82, 2.24) is 10.4 Å². The molecule has 0 radical (unpaired) electrons. The van der Waals surface area contributed by atoms with Crippen LogP contribution in [0, 0.1) is 6.92 Å². The van der Waals surface area contributed by atoms with Gasteiger partial charge in [0.05, 0.1) is 17.1 Å². The molecule has 0 fully saturated rings. The van der Waals surface area contributed by atoms with Crippen molar-refractivity contribution >= 4 is 49.9 Å². The van der Waals surface area contributed by atoms with E-state index in [0.717, 1.165) is 26.1 Å². The van der Waals surface area contributed by atoms with E-state index in [4.69, 9.17) is 4.42 Å². The van der Waals surface area contributed by atoms with Crippen LogP contribution >= 0.6 is 27.3 Å². The molecule has 118 valence electrons. The van der Waals surface area contributed by atoms with Gasteiger partial charge in [0.1, 0.15) is 11.3 Å². The van der Waals surface area contributed by atoms with Gasteiger partial charge in [-0.1, -0.05) is 15.9 Å². The van der Waals surface area contributed by atoms with Gasteiger partial charge in [0, 0.05) is 15.2 Å². The van der Waals surface area contributed by atoms with Gasteiger partial charge in [-0.25, -0.2) is 10.4 Å². The highest BCUT2D eigenvalue weighted by molar-refractivity contribution is 9.10. The molecule has 0 bridgehead atoms. The first-order chi connectivity index (χ1) is 11.0. The van der Waals surface area contributed by atoms with E-state index >= 15 is 0 Å². The van der Waals surface area contributed by atoms with E-state index in [1.165, 1.54) is 11.3 Å². The molecule has 3 rings (SSSR count). The second kappa shape index (κ2) is 6.64. The molecule has 0 aliphatic heterocycles. The highest BCUT2D eigenvalue weighted by Gasteiger charge is 2.09. The van der Waals surface area contributed by atoms with Crippen LogP contribution in [-0.2, 0) is 11.2 Å². The van der Waals surface area contributed by atoms with Crippen LogP contribution in [0.2, 0.25) is 0 Å². The number of aryl methyl sites for hydroxylation is 1. The molecule has 0 saturated heterocycles. The van der Waals surface area contributed by atoms with Crippen LogP contribution < -0.4 is 5.43 Å². The van der Waals surface area contributed by atoms with Crippen LogP contribution in [0.25, 0.3) is 11.0 Å². The van der Waals surface area contributed by atoms with Crippen molar-refractivity contribution in [1.29, 1.82) is 0 Å². The van der Waals surface area contributed by atoms with Crippen molar-refractivity contribution in [3.05, 3.63) is 50.6 Å². The molecule has 3 aromatic rings. The Morgan fingerprint density at radius 1 is 1.43 bits per heavy atom. The molecular weight excluding hydrogens is 378 g/mol. The highest BCUT2D eigenvalue weighted by atomic mass is 79.9. The number of thiazole rings is 1. The predicted octanol–water partition coefficient (Wildman–Crippen LogP) is 4.04. The molecule has 0 aliphatic carbocycles. The number of amides is 1. The lowest BCUT2D eigenvalue weighted by molar-refractivity contribution is -0.120. The number of benzene rings is 1. The second-order valence-corrected chi connectivity index (χ2v) is 7.04. The average molecular weight is 392 g/mol. The first kappa shape index (κ1) is 15.9. The number of carbonyl (C=O) groups excluding carboxylic acids is 1. The summed E-state index contributed by atoms with van der Waals surface area (Å²) < 4.78 is 6.71. The van der Waals surface area contributed by atoms with Gasteiger partial charge in [-0.05, 0) is 38.1 Å². The van der Waals surface area contributed by atoms with Crippen LogP contribution in [0.15, 0.2) is 43.6 Å².